The smallest absolute Gasteiger partial charge is 0.331 e. The molecule has 2 aliphatic heterocycles. The van der Waals surface area contributed by atoms with Crippen LogP contribution in [0.4, 0.5) is 19.5 Å². The van der Waals surface area contributed by atoms with Crippen molar-refractivity contribution >= 4 is 23.0 Å². The number of rotatable bonds is 6. The molecular formula is C32H35F2N5O. The first kappa shape index (κ1) is 26.4. The number of nitrogens with zero attached hydrogens (tertiary/aromatic N) is 5. The minimum Gasteiger partial charge on any atom is -0.340 e. The average molecular weight is 544 g/mol. The van der Waals surface area contributed by atoms with Gasteiger partial charge >= 0.3 is 6.03 Å². The molecule has 3 heterocycles. The van der Waals surface area contributed by atoms with Crippen molar-refractivity contribution in [1.29, 1.82) is 0 Å². The molecule has 6 rings (SSSR count). The average Bonchev–Trinajstić information content (AvgIpc) is 3.33. The molecule has 1 aromatic heterocycles. The second kappa shape index (κ2) is 11.0. The Labute approximate surface area is 233 Å². The van der Waals surface area contributed by atoms with Gasteiger partial charge in [-0.3, -0.25) is 0 Å². The van der Waals surface area contributed by atoms with Crippen LogP contribution < -0.4 is 4.90 Å². The number of imidazole rings is 1. The molecule has 0 radical (unpaired) electrons. The predicted octanol–water partition coefficient (Wildman–Crippen LogP) is 5.97. The van der Waals surface area contributed by atoms with E-state index in [1.165, 1.54) is 24.3 Å². The Kier molecular flexibility index (Phi) is 7.27. The van der Waals surface area contributed by atoms with Gasteiger partial charge in [-0.05, 0) is 85.8 Å². The van der Waals surface area contributed by atoms with Gasteiger partial charge in [0.05, 0.1) is 17.1 Å². The number of para-hydroxylation sites is 2. The minimum absolute atomic E-state index is 0.0495. The summed E-state index contributed by atoms with van der Waals surface area (Å²) in [5.41, 5.74) is 3.80. The fraction of sp³-hybridized carbons (Fsp3) is 0.375. The topological polar surface area (TPSA) is 44.6 Å². The largest absolute Gasteiger partial charge is 0.340 e. The maximum Gasteiger partial charge on any atom is 0.331 e. The number of aromatic nitrogens is 2. The molecule has 40 heavy (non-hydrogen) atoms. The summed E-state index contributed by atoms with van der Waals surface area (Å²) >= 11 is 0. The van der Waals surface area contributed by atoms with Gasteiger partial charge in [0.25, 0.3) is 0 Å². The first-order valence-electron chi connectivity index (χ1n) is 14.1. The molecule has 208 valence electrons. The lowest BCUT2D eigenvalue weighted by Crippen LogP contribution is -2.43. The highest BCUT2D eigenvalue weighted by atomic mass is 19.1. The van der Waals surface area contributed by atoms with Gasteiger partial charge in [0.1, 0.15) is 11.6 Å². The lowest BCUT2D eigenvalue weighted by atomic mass is 9.76. The molecule has 0 N–H and O–H groups in total. The summed E-state index contributed by atoms with van der Waals surface area (Å²) in [6, 6.07) is 21.4. The van der Waals surface area contributed by atoms with Gasteiger partial charge in [0.15, 0.2) is 0 Å². The van der Waals surface area contributed by atoms with E-state index in [1.807, 2.05) is 62.6 Å². The quantitative estimate of drug-likeness (QED) is 0.301. The number of benzene rings is 3. The molecule has 2 aliphatic rings. The van der Waals surface area contributed by atoms with E-state index in [2.05, 4.69) is 9.80 Å². The van der Waals surface area contributed by atoms with Crippen LogP contribution in [0.15, 0.2) is 72.8 Å². The number of halogens is 2. The van der Waals surface area contributed by atoms with Gasteiger partial charge < -0.3 is 14.7 Å². The third kappa shape index (κ3) is 5.08. The molecule has 6 nitrogen and oxygen atoms in total. The summed E-state index contributed by atoms with van der Waals surface area (Å²) in [5.74, 6) is 0.687. The highest BCUT2D eigenvalue weighted by Crippen LogP contribution is 2.38. The van der Waals surface area contributed by atoms with Crippen molar-refractivity contribution in [3.63, 3.8) is 0 Å². The van der Waals surface area contributed by atoms with Crippen molar-refractivity contribution in [3.8, 4) is 0 Å². The Bertz CT molecular complexity index is 1430. The van der Waals surface area contributed by atoms with Crippen molar-refractivity contribution in [2.75, 3.05) is 45.2 Å². The summed E-state index contributed by atoms with van der Waals surface area (Å²) in [7, 11) is 3.90. The van der Waals surface area contributed by atoms with Crippen molar-refractivity contribution in [2.24, 2.45) is 5.92 Å². The molecule has 1 unspecified atom stereocenters. The lowest BCUT2D eigenvalue weighted by molar-refractivity contribution is 0.167. The highest BCUT2D eigenvalue weighted by molar-refractivity contribution is 5.93. The monoisotopic (exact) mass is 543 g/mol. The summed E-state index contributed by atoms with van der Waals surface area (Å²) in [5, 5.41) is 0. The second-order valence-corrected chi connectivity index (χ2v) is 11.2. The molecule has 1 saturated heterocycles. The van der Waals surface area contributed by atoms with E-state index < -0.39 is 0 Å². The van der Waals surface area contributed by atoms with Gasteiger partial charge in [-0.25, -0.2) is 23.1 Å². The molecular weight excluding hydrogens is 508 g/mol. The first-order chi connectivity index (χ1) is 19.4. The van der Waals surface area contributed by atoms with Crippen molar-refractivity contribution in [3.05, 3.63) is 95.6 Å². The van der Waals surface area contributed by atoms with Gasteiger partial charge in [0, 0.05) is 33.1 Å². The number of piperidine rings is 1. The highest BCUT2D eigenvalue weighted by Gasteiger charge is 2.33. The van der Waals surface area contributed by atoms with Gasteiger partial charge in [-0.15, -0.1) is 0 Å². The number of carbonyl (C=O) groups is 1. The Hall–Kier alpha value is -3.78. The third-order valence-corrected chi connectivity index (χ3v) is 8.75. The normalized spacial score (nSPS) is 18.9. The Morgan fingerprint density at radius 2 is 1.48 bits per heavy atom. The van der Waals surface area contributed by atoms with Crippen LogP contribution >= 0.6 is 0 Å². The van der Waals surface area contributed by atoms with Crippen molar-refractivity contribution < 1.29 is 13.6 Å². The number of hydrogen-bond donors (Lipinski definition) is 0. The number of likely N-dealkylation sites (N-methyl/N-ethyl adjacent to an activating group) is 2. The zero-order valence-corrected chi connectivity index (χ0v) is 23.0. The SMILES string of the molecule is CN1CC(CCN2CCC(C(c3ccc(F)cc3)c3ccc(F)cc3)CC2)N(C)c2nc3ccccc3n2C1=O. The van der Waals surface area contributed by atoms with Crippen LogP contribution in [0, 0.1) is 17.6 Å². The molecule has 1 amide bonds. The van der Waals surface area contributed by atoms with Gasteiger partial charge in [-0.1, -0.05) is 36.4 Å². The van der Waals surface area contributed by atoms with Crippen molar-refractivity contribution in [1.82, 2.24) is 19.4 Å². The molecule has 0 bridgehead atoms. The van der Waals surface area contributed by atoms with E-state index in [0.717, 1.165) is 61.1 Å². The van der Waals surface area contributed by atoms with Crippen LogP contribution in [-0.4, -0.2) is 71.7 Å². The zero-order valence-electron chi connectivity index (χ0n) is 23.0. The second-order valence-electron chi connectivity index (χ2n) is 11.2. The van der Waals surface area contributed by atoms with Crippen molar-refractivity contribution in [2.45, 2.75) is 31.2 Å². The first-order valence-corrected chi connectivity index (χ1v) is 14.1. The fourth-order valence-corrected chi connectivity index (χ4v) is 6.49. The van der Waals surface area contributed by atoms with Crippen LogP contribution in [-0.2, 0) is 0 Å². The van der Waals surface area contributed by atoms with Crippen LogP contribution in [0.3, 0.4) is 0 Å². The van der Waals surface area contributed by atoms with Gasteiger partial charge in [-0.2, -0.15) is 0 Å². The maximum atomic E-state index is 13.7. The lowest BCUT2D eigenvalue weighted by Gasteiger charge is -2.38. The molecule has 1 fully saturated rings. The van der Waals surface area contributed by atoms with E-state index in [4.69, 9.17) is 4.98 Å². The fourth-order valence-electron chi connectivity index (χ4n) is 6.49. The molecule has 3 aromatic carbocycles. The molecule has 0 aliphatic carbocycles. The predicted molar refractivity (Wildman–Crippen MR) is 154 cm³/mol. The van der Waals surface area contributed by atoms with E-state index in [1.54, 1.807) is 9.47 Å². The number of carbonyl (C=O) groups excluding carboxylic acids is 1. The number of fused-ring (bicyclic) bond motifs is 3. The number of hydrogen-bond acceptors (Lipinski definition) is 4. The molecule has 4 aromatic rings. The van der Waals surface area contributed by atoms with E-state index in [0.29, 0.717) is 18.4 Å². The third-order valence-electron chi connectivity index (χ3n) is 8.75. The minimum atomic E-state index is -0.247. The number of amides is 1. The number of likely N-dealkylation sites (tertiary alicyclic amines) is 1. The summed E-state index contributed by atoms with van der Waals surface area (Å²) < 4.78 is 29.1. The van der Waals surface area contributed by atoms with Crippen LogP contribution in [0.2, 0.25) is 0 Å². The van der Waals surface area contributed by atoms with Gasteiger partial charge in [0.2, 0.25) is 5.95 Å². The zero-order chi connectivity index (χ0) is 27.8. The summed E-state index contributed by atoms with van der Waals surface area (Å²) in [6.45, 7) is 3.50. The van der Waals surface area contributed by atoms with E-state index in [-0.39, 0.29) is 29.6 Å². The standard InChI is InChI=1S/C32H35F2N5O/c1-36-21-27(37(2)31-35-28-5-3-4-6-29(28)39(31)32(36)40)17-20-38-18-15-24(16-19-38)30(22-7-11-25(33)12-8-22)23-9-13-26(34)14-10-23/h3-14,24,27,30H,15-21H2,1-2H3. The van der Waals surface area contributed by atoms with Crippen LogP contribution in [0.5, 0.6) is 0 Å². The molecule has 8 heteroatoms. The van der Waals surface area contributed by atoms with Crippen LogP contribution in [0.25, 0.3) is 11.0 Å². The molecule has 0 saturated carbocycles. The molecule has 1 atom stereocenters. The Morgan fingerprint density at radius 1 is 0.875 bits per heavy atom. The Balaban J connectivity index is 1.14. The van der Waals surface area contributed by atoms with E-state index >= 15 is 0 Å². The summed E-state index contributed by atoms with van der Waals surface area (Å²) in [6.07, 6.45) is 2.93. The summed E-state index contributed by atoms with van der Waals surface area (Å²) in [4.78, 5) is 24.5. The van der Waals surface area contributed by atoms with E-state index in [9.17, 15) is 13.6 Å². The Morgan fingerprint density at radius 3 is 2.10 bits per heavy atom. The molecule has 0 spiro atoms. The number of anilines is 1. The maximum absolute atomic E-state index is 13.7. The van der Waals surface area contributed by atoms with Crippen LogP contribution in [0.1, 0.15) is 36.3 Å².